The average molecular weight is 349 g/mol. The summed E-state index contributed by atoms with van der Waals surface area (Å²) in [4.78, 5) is 25.6. The molecule has 2 aromatic rings. The number of carbonyl (C=O) groups is 2. The molecule has 1 aromatic carbocycles. The van der Waals surface area contributed by atoms with Gasteiger partial charge in [0.2, 0.25) is 5.91 Å². The molecule has 4 N–H and O–H groups in total. The first-order valence-electron chi connectivity index (χ1n) is 6.36. The van der Waals surface area contributed by atoms with E-state index in [4.69, 9.17) is 10.2 Å². The molecule has 0 radical (unpaired) electrons. The summed E-state index contributed by atoms with van der Waals surface area (Å²) in [6, 6.07) is 5.26. The third-order valence-corrected chi connectivity index (χ3v) is 3.47. The number of nitrogens with zero attached hydrogens (tertiary/aromatic N) is 4. The fourth-order valence-corrected chi connectivity index (χ4v) is 2.06. The minimum Gasteiger partial charge on any atom is -0.491 e. The number of aromatic nitrogens is 3. The van der Waals surface area contributed by atoms with Gasteiger partial charge in [-0.25, -0.2) is 10.2 Å². The van der Waals surface area contributed by atoms with Gasteiger partial charge in [0.05, 0.1) is 17.5 Å². The second kappa shape index (κ2) is 7.87. The van der Waals surface area contributed by atoms with Gasteiger partial charge in [0.25, 0.3) is 5.88 Å². The van der Waals surface area contributed by atoms with Crippen molar-refractivity contribution in [1.29, 1.82) is 0 Å². The van der Waals surface area contributed by atoms with E-state index in [-0.39, 0.29) is 16.3 Å². The zero-order valence-electron chi connectivity index (χ0n) is 11.9. The third-order valence-electron chi connectivity index (χ3n) is 2.53. The number of aromatic carboxylic acids is 1. The van der Waals surface area contributed by atoms with Crippen LogP contribution in [0.2, 0.25) is 0 Å². The summed E-state index contributed by atoms with van der Waals surface area (Å²) in [7, 11) is 0. The van der Waals surface area contributed by atoms with Crippen LogP contribution in [-0.2, 0) is 4.79 Å². The lowest BCUT2D eigenvalue weighted by molar-refractivity contribution is -0.118. The molecule has 0 aliphatic heterocycles. The smallest absolute Gasteiger partial charge is 0.336 e. The largest absolute Gasteiger partial charge is 0.491 e. The molecule has 0 fully saturated rings. The molecule has 1 heterocycles. The highest BCUT2D eigenvalue weighted by Crippen LogP contribution is 2.23. The van der Waals surface area contributed by atoms with Crippen LogP contribution in [-0.4, -0.2) is 54.3 Å². The van der Waals surface area contributed by atoms with Crippen LogP contribution < -0.4 is 5.43 Å². The molecule has 24 heavy (non-hydrogen) atoms. The summed E-state index contributed by atoms with van der Waals surface area (Å²) in [6.45, 7) is 0. The normalized spacial score (nSPS) is 10.7. The minimum absolute atomic E-state index is 0.00353. The molecule has 0 bridgehead atoms. The number of hydrazone groups is 1. The van der Waals surface area contributed by atoms with Gasteiger partial charge in [-0.1, -0.05) is 29.0 Å². The van der Waals surface area contributed by atoms with E-state index in [0.29, 0.717) is 5.56 Å². The van der Waals surface area contributed by atoms with Crippen molar-refractivity contribution in [2.24, 2.45) is 5.10 Å². The van der Waals surface area contributed by atoms with Gasteiger partial charge in [-0.05, 0) is 17.7 Å². The molecule has 0 unspecified atom stereocenters. The standard InChI is InChI=1S/C13H11N5O5S/c19-9(6-24-11-10(20)15-13(23)18-17-11)16-14-5-7-1-3-8(4-2-7)12(21)22/h1-5H,6H2,(H,16,19)(H,21,22)(H2,15,18,20,23)/b14-5+. The molecule has 1 aromatic heterocycles. The Morgan fingerprint density at radius 2 is 1.92 bits per heavy atom. The maximum atomic E-state index is 11.6. The molecule has 10 nitrogen and oxygen atoms in total. The zero-order chi connectivity index (χ0) is 17.5. The number of carbonyl (C=O) groups excluding carboxylic acids is 1. The molecule has 11 heteroatoms. The van der Waals surface area contributed by atoms with E-state index in [0.717, 1.165) is 11.8 Å². The van der Waals surface area contributed by atoms with Crippen molar-refractivity contribution in [3.05, 3.63) is 35.4 Å². The van der Waals surface area contributed by atoms with Crippen molar-refractivity contribution in [2.75, 3.05) is 5.75 Å². The van der Waals surface area contributed by atoms with Crippen LogP contribution in [0.25, 0.3) is 0 Å². The molecule has 1 amide bonds. The first kappa shape index (κ1) is 17.1. The lowest BCUT2D eigenvalue weighted by atomic mass is 10.1. The Bertz CT molecular complexity index is 781. The predicted octanol–water partition coefficient (Wildman–Crippen LogP) is 0.223. The summed E-state index contributed by atoms with van der Waals surface area (Å²) in [5, 5.41) is 37.5. The Labute approximate surface area is 139 Å². The summed E-state index contributed by atoms with van der Waals surface area (Å²) < 4.78 is 0. The van der Waals surface area contributed by atoms with E-state index in [1.54, 1.807) is 12.1 Å². The predicted molar refractivity (Wildman–Crippen MR) is 83.0 cm³/mol. The molecule has 0 aliphatic carbocycles. The van der Waals surface area contributed by atoms with E-state index < -0.39 is 23.8 Å². The number of benzene rings is 1. The number of thioether (sulfide) groups is 1. The Morgan fingerprint density at radius 1 is 1.21 bits per heavy atom. The van der Waals surface area contributed by atoms with E-state index in [1.807, 2.05) is 0 Å². The van der Waals surface area contributed by atoms with Gasteiger partial charge in [-0.15, -0.1) is 5.10 Å². The minimum atomic E-state index is -1.03. The lowest BCUT2D eigenvalue weighted by Crippen LogP contribution is -2.19. The molecule has 0 spiro atoms. The van der Waals surface area contributed by atoms with Crippen molar-refractivity contribution in [3.8, 4) is 11.9 Å². The van der Waals surface area contributed by atoms with Crippen molar-refractivity contribution in [1.82, 2.24) is 20.6 Å². The highest BCUT2D eigenvalue weighted by atomic mass is 32.2. The van der Waals surface area contributed by atoms with Gasteiger partial charge in [0.1, 0.15) is 0 Å². The SMILES string of the molecule is O=C(CSc1nnc(O)nc1O)N/N=C/c1ccc(C(=O)O)cc1. The van der Waals surface area contributed by atoms with Crippen LogP contribution in [0.4, 0.5) is 0 Å². The van der Waals surface area contributed by atoms with Gasteiger partial charge >= 0.3 is 12.0 Å². The van der Waals surface area contributed by atoms with Crippen molar-refractivity contribution >= 4 is 29.9 Å². The number of amides is 1. The molecule has 0 saturated heterocycles. The molecule has 2 rings (SSSR count). The lowest BCUT2D eigenvalue weighted by Gasteiger charge is -2.01. The van der Waals surface area contributed by atoms with Crippen LogP contribution in [0, 0.1) is 0 Å². The quantitative estimate of drug-likeness (QED) is 0.325. The van der Waals surface area contributed by atoms with E-state index in [2.05, 4.69) is 25.7 Å². The summed E-state index contributed by atoms with van der Waals surface area (Å²) >= 11 is 0.867. The van der Waals surface area contributed by atoms with E-state index >= 15 is 0 Å². The van der Waals surface area contributed by atoms with Crippen LogP contribution in [0.15, 0.2) is 34.4 Å². The van der Waals surface area contributed by atoms with Crippen LogP contribution >= 0.6 is 11.8 Å². The van der Waals surface area contributed by atoms with Gasteiger partial charge in [-0.2, -0.15) is 10.1 Å². The second-order valence-electron chi connectivity index (χ2n) is 4.25. The van der Waals surface area contributed by atoms with Crippen LogP contribution in [0.3, 0.4) is 0 Å². The number of rotatable bonds is 6. The topological polar surface area (TPSA) is 158 Å². The maximum Gasteiger partial charge on any atom is 0.336 e. The molecule has 0 aliphatic rings. The Kier molecular flexibility index (Phi) is 5.63. The average Bonchev–Trinajstić information content (AvgIpc) is 2.54. The number of hydrogen-bond donors (Lipinski definition) is 4. The number of hydrogen-bond acceptors (Lipinski definition) is 9. The molecule has 0 saturated carbocycles. The summed E-state index contributed by atoms with van der Waals surface area (Å²) in [5.41, 5.74) is 3.02. The number of carboxylic acids is 1. The first-order chi connectivity index (χ1) is 11.5. The third kappa shape index (κ3) is 4.91. The zero-order valence-corrected chi connectivity index (χ0v) is 12.8. The Morgan fingerprint density at radius 3 is 2.54 bits per heavy atom. The highest BCUT2D eigenvalue weighted by molar-refractivity contribution is 8.00. The Balaban J connectivity index is 1.83. The van der Waals surface area contributed by atoms with Crippen molar-refractivity contribution in [2.45, 2.75) is 5.03 Å². The molecular formula is C13H11N5O5S. The van der Waals surface area contributed by atoms with Gasteiger partial charge in [0, 0.05) is 0 Å². The molecule has 124 valence electrons. The van der Waals surface area contributed by atoms with Crippen molar-refractivity contribution in [3.63, 3.8) is 0 Å². The second-order valence-corrected chi connectivity index (χ2v) is 5.21. The van der Waals surface area contributed by atoms with Gasteiger partial charge < -0.3 is 15.3 Å². The monoisotopic (exact) mass is 349 g/mol. The van der Waals surface area contributed by atoms with E-state index in [9.17, 15) is 14.7 Å². The number of nitrogens with one attached hydrogen (secondary N) is 1. The van der Waals surface area contributed by atoms with Crippen LogP contribution in [0.1, 0.15) is 15.9 Å². The highest BCUT2D eigenvalue weighted by Gasteiger charge is 2.10. The molecular weight excluding hydrogens is 338 g/mol. The van der Waals surface area contributed by atoms with E-state index in [1.165, 1.54) is 18.3 Å². The fourth-order valence-electron chi connectivity index (χ4n) is 1.45. The summed E-state index contributed by atoms with van der Waals surface area (Å²) in [6.07, 6.45) is 1.35. The number of carboxylic acid groups (broad SMARTS) is 1. The van der Waals surface area contributed by atoms with Crippen LogP contribution in [0.5, 0.6) is 11.9 Å². The maximum absolute atomic E-state index is 11.6. The fraction of sp³-hybridized carbons (Fsp3) is 0.0769. The summed E-state index contributed by atoms with van der Waals surface area (Å²) in [5.74, 6) is -2.13. The van der Waals surface area contributed by atoms with Crippen molar-refractivity contribution < 1.29 is 24.9 Å². The van der Waals surface area contributed by atoms with Gasteiger partial charge in [0.15, 0.2) is 5.03 Å². The Hall–Kier alpha value is -3.21. The number of aromatic hydroxyl groups is 2. The first-order valence-corrected chi connectivity index (χ1v) is 7.35. The molecule has 0 atom stereocenters. The van der Waals surface area contributed by atoms with Gasteiger partial charge in [-0.3, -0.25) is 4.79 Å².